The van der Waals surface area contributed by atoms with E-state index >= 15 is 0 Å². The van der Waals surface area contributed by atoms with Crippen LogP contribution in [0.3, 0.4) is 0 Å². The number of piperazine rings is 1. The number of carbonyl (C=O) groups is 1. The molecule has 0 atom stereocenters. The Morgan fingerprint density at radius 2 is 1.82 bits per heavy atom. The number of thioether (sulfide) groups is 1. The Labute approximate surface area is 169 Å². The van der Waals surface area contributed by atoms with Gasteiger partial charge < -0.3 is 9.80 Å². The van der Waals surface area contributed by atoms with Crippen LogP contribution in [0.2, 0.25) is 0 Å². The fourth-order valence-electron chi connectivity index (χ4n) is 4.16. The van der Waals surface area contributed by atoms with Crippen LogP contribution in [0.4, 0.5) is 0 Å². The molecule has 1 aromatic carbocycles. The average molecular weight is 401 g/mol. The Morgan fingerprint density at radius 1 is 1.11 bits per heavy atom. The quantitative estimate of drug-likeness (QED) is 0.583. The summed E-state index contributed by atoms with van der Waals surface area (Å²) in [5.41, 5.74) is 0.751. The van der Waals surface area contributed by atoms with E-state index in [-0.39, 0.29) is 17.5 Å². The van der Waals surface area contributed by atoms with Crippen molar-refractivity contribution in [1.82, 2.24) is 19.4 Å². The second kappa shape index (κ2) is 8.66. The maximum Gasteiger partial charge on any atom is 0.262 e. The first kappa shape index (κ1) is 19.5. The number of benzene rings is 1. The van der Waals surface area contributed by atoms with Crippen LogP contribution in [0.25, 0.3) is 10.9 Å². The molecule has 2 fully saturated rings. The molecular formula is C21H28N4O2S. The van der Waals surface area contributed by atoms with Gasteiger partial charge in [-0.3, -0.25) is 14.2 Å². The van der Waals surface area contributed by atoms with Gasteiger partial charge in [0.15, 0.2) is 5.16 Å². The lowest BCUT2D eigenvalue weighted by molar-refractivity contribution is -0.129. The molecule has 1 saturated carbocycles. The molecule has 7 heteroatoms. The van der Waals surface area contributed by atoms with Gasteiger partial charge in [0.2, 0.25) is 5.91 Å². The Kier molecular flexibility index (Phi) is 6.01. The molecule has 1 aromatic heterocycles. The molecule has 6 nitrogen and oxygen atoms in total. The maximum atomic E-state index is 13.2. The molecule has 2 aromatic rings. The van der Waals surface area contributed by atoms with Crippen LogP contribution >= 0.6 is 11.8 Å². The van der Waals surface area contributed by atoms with Crippen molar-refractivity contribution in [3.05, 3.63) is 34.6 Å². The topological polar surface area (TPSA) is 58.4 Å². The molecule has 0 unspecified atom stereocenters. The zero-order valence-electron chi connectivity index (χ0n) is 16.5. The van der Waals surface area contributed by atoms with Crippen molar-refractivity contribution in [2.75, 3.05) is 39.0 Å². The van der Waals surface area contributed by atoms with Crippen molar-refractivity contribution in [2.45, 2.75) is 43.3 Å². The molecule has 2 heterocycles. The van der Waals surface area contributed by atoms with Crippen molar-refractivity contribution >= 4 is 28.6 Å². The summed E-state index contributed by atoms with van der Waals surface area (Å²) in [6.07, 6.45) is 5.55. The van der Waals surface area contributed by atoms with Gasteiger partial charge in [-0.1, -0.05) is 43.2 Å². The van der Waals surface area contributed by atoms with Crippen molar-refractivity contribution in [3.8, 4) is 0 Å². The van der Waals surface area contributed by atoms with E-state index < -0.39 is 0 Å². The smallest absolute Gasteiger partial charge is 0.262 e. The zero-order valence-corrected chi connectivity index (χ0v) is 17.3. The Balaban J connectivity index is 1.59. The predicted octanol–water partition coefficient (Wildman–Crippen LogP) is 2.77. The number of rotatable bonds is 4. The van der Waals surface area contributed by atoms with Gasteiger partial charge in [-0.2, -0.15) is 0 Å². The number of para-hydroxylation sites is 1. The number of nitrogens with zero attached hydrogens (tertiary/aromatic N) is 4. The second-order valence-electron chi connectivity index (χ2n) is 7.85. The van der Waals surface area contributed by atoms with Gasteiger partial charge in [-0.15, -0.1) is 0 Å². The molecule has 1 aliphatic carbocycles. The molecule has 1 saturated heterocycles. The highest BCUT2D eigenvalue weighted by Gasteiger charge is 2.24. The average Bonchev–Trinajstić information content (AvgIpc) is 2.73. The predicted molar refractivity (Wildman–Crippen MR) is 113 cm³/mol. The van der Waals surface area contributed by atoms with Crippen LogP contribution in [0.15, 0.2) is 34.2 Å². The van der Waals surface area contributed by atoms with E-state index in [2.05, 4.69) is 11.9 Å². The second-order valence-corrected chi connectivity index (χ2v) is 8.79. The Morgan fingerprint density at radius 3 is 2.57 bits per heavy atom. The van der Waals surface area contributed by atoms with Crippen LogP contribution in [0.5, 0.6) is 0 Å². The summed E-state index contributed by atoms with van der Waals surface area (Å²) < 4.78 is 1.88. The largest absolute Gasteiger partial charge is 0.339 e. The summed E-state index contributed by atoms with van der Waals surface area (Å²) >= 11 is 1.42. The molecule has 0 spiro atoms. The summed E-state index contributed by atoms with van der Waals surface area (Å²) in [5.74, 6) is 0.469. The van der Waals surface area contributed by atoms with Crippen molar-refractivity contribution in [1.29, 1.82) is 0 Å². The minimum atomic E-state index is 0.0343. The molecule has 4 rings (SSSR count). The van der Waals surface area contributed by atoms with Crippen molar-refractivity contribution < 1.29 is 4.79 Å². The molecule has 2 aliphatic rings. The third-order valence-electron chi connectivity index (χ3n) is 5.90. The minimum Gasteiger partial charge on any atom is -0.339 e. The van der Waals surface area contributed by atoms with E-state index in [1.807, 2.05) is 33.7 Å². The number of hydrogen-bond acceptors (Lipinski definition) is 5. The first-order valence-corrected chi connectivity index (χ1v) is 11.2. The number of hydrogen-bond donors (Lipinski definition) is 0. The highest BCUT2D eigenvalue weighted by atomic mass is 32.2. The number of carbonyl (C=O) groups excluding carboxylic acids is 1. The lowest BCUT2D eigenvalue weighted by Gasteiger charge is -2.32. The molecule has 28 heavy (non-hydrogen) atoms. The highest BCUT2D eigenvalue weighted by molar-refractivity contribution is 7.99. The molecule has 0 N–H and O–H groups in total. The van der Waals surface area contributed by atoms with Crippen LogP contribution < -0.4 is 5.56 Å². The van der Waals surface area contributed by atoms with Gasteiger partial charge in [0.25, 0.3) is 5.56 Å². The third-order valence-corrected chi connectivity index (χ3v) is 6.83. The molecular weight excluding hydrogens is 372 g/mol. The molecule has 150 valence electrons. The normalized spacial score (nSPS) is 19.2. The van der Waals surface area contributed by atoms with Gasteiger partial charge >= 0.3 is 0 Å². The third kappa shape index (κ3) is 4.10. The first-order valence-electron chi connectivity index (χ1n) is 10.2. The van der Waals surface area contributed by atoms with Gasteiger partial charge in [0, 0.05) is 32.2 Å². The number of fused-ring (bicyclic) bond motifs is 1. The SMILES string of the molecule is CN1CCN(C(=O)CSc2nc3ccccc3c(=O)n2C2CCCCC2)CC1. The van der Waals surface area contributed by atoms with E-state index in [4.69, 9.17) is 4.98 Å². The van der Waals surface area contributed by atoms with Gasteiger partial charge in [0.05, 0.1) is 16.7 Å². The summed E-state index contributed by atoms with van der Waals surface area (Å²) in [5, 5.41) is 1.36. The summed E-state index contributed by atoms with van der Waals surface area (Å²) in [6, 6.07) is 7.73. The molecule has 0 radical (unpaired) electrons. The standard InChI is InChI=1S/C21H28N4O2S/c1-23-11-13-24(14-12-23)19(26)15-28-21-22-18-10-6-5-9-17(18)20(27)25(21)16-7-3-2-4-8-16/h5-6,9-10,16H,2-4,7-8,11-15H2,1H3. The van der Waals surface area contributed by atoms with Crippen LogP contribution in [0.1, 0.15) is 38.1 Å². The monoisotopic (exact) mass is 400 g/mol. The lowest BCUT2D eigenvalue weighted by atomic mass is 9.95. The van der Waals surface area contributed by atoms with E-state index in [0.717, 1.165) is 51.9 Å². The van der Waals surface area contributed by atoms with Crippen LogP contribution in [-0.4, -0.2) is 64.2 Å². The number of aromatic nitrogens is 2. The zero-order chi connectivity index (χ0) is 19.5. The van der Waals surface area contributed by atoms with Crippen molar-refractivity contribution in [2.24, 2.45) is 0 Å². The van der Waals surface area contributed by atoms with E-state index in [9.17, 15) is 9.59 Å². The number of likely N-dealkylation sites (N-methyl/N-ethyl adjacent to an activating group) is 1. The van der Waals surface area contributed by atoms with E-state index in [1.54, 1.807) is 0 Å². The van der Waals surface area contributed by atoms with Gasteiger partial charge in [-0.25, -0.2) is 4.98 Å². The fraction of sp³-hybridized carbons (Fsp3) is 0.571. The van der Waals surface area contributed by atoms with Gasteiger partial charge in [0.1, 0.15) is 0 Å². The first-order chi connectivity index (χ1) is 13.6. The van der Waals surface area contributed by atoms with E-state index in [1.165, 1.54) is 18.2 Å². The lowest BCUT2D eigenvalue weighted by Crippen LogP contribution is -2.47. The minimum absolute atomic E-state index is 0.0343. The molecule has 1 aliphatic heterocycles. The maximum absolute atomic E-state index is 13.2. The highest BCUT2D eigenvalue weighted by Crippen LogP contribution is 2.31. The summed E-state index contributed by atoms with van der Waals surface area (Å²) in [4.78, 5) is 34.9. The molecule has 1 amide bonds. The Bertz CT molecular complexity index is 899. The van der Waals surface area contributed by atoms with Gasteiger partial charge in [-0.05, 0) is 32.0 Å². The van der Waals surface area contributed by atoms with Crippen LogP contribution in [-0.2, 0) is 4.79 Å². The fourth-order valence-corrected chi connectivity index (χ4v) is 5.13. The number of amides is 1. The summed E-state index contributed by atoms with van der Waals surface area (Å²) in [7, 11) is 2.08. The molecule has 0 bridgehead atoms. The van der Waals surface area contributed by atoms with Crippen molar-refractivity contribution in [3.63, 3.8) is 0 Å². The van der Waals surface area contributed by atoms with E-state index in [0.29, 0.717) is 21.8 Å². The Hall–Kier alpha value is -1.86. The summed E-state index contributed by atoms with van der Waals surface area (Å²) in [6.45, 7) is 3.38. The van der Waals surface area contributed by atoms with Crippen LogP contribution in [0, 0.1) is 0 Å².